The van der Waals surface area contributed by atoms with E-state index in [1.54, 1.807) is 0 Å². The summed E-state index contributed by atoms with van der Waals surface area (Å²) >= 11 is 15.9. The molecule has 0 fully saturated rings. The van der Waals surface area contributed by atoms with E-state index in [0.717, 1.165) is 33.2 Å². The molecule has 1 atom stereocenters. The molecule has 1 aromatic heterocycles. The van der Waals surface area contributed by atoms with Crippen molar-refractivity contribution in [1.82, 2.24) is 9.78 Å². The van der Waals surface area contributed by atoms with Crippen molar-refractivity contribution in [2.75, 3.05) is 5.33 Å². The number of rotatable bonds is 4. The Morgan fingerprint density at radius 3 is 2.63 bits per heavy atom. The standard InChI is InChI=1S/C14H15BrCl2N2/c1-9-14(17)13(19(2)18-9)7-11(8-15)10-4-3-5-12(16)6-10/h3-6,11H,7-8H2,1-2H3. The molecular formula is C14H15BrCl2N2. The molecular weight excluding hydrogens is 347 g/mol. The van der Waals surface area contributed by atoms with Crippen LogP contribution in [0.25, 0.3) is 0 Å². The third-order valence-electron chi connectivity index (χ3n) is 3.21. The van der Waals surface area contributed by atoms with Gasteiger partial charge in [0.1, 0.15) is 0 Å². The Balaban J connectivity index is 2.29. The lowest BCUT2D eigenvalue weighted by molar-refractivity contribution is 0.660. The molecule has 0 amide bonds. The van der Waals surface area contributed by atoms with E-state index in [2.05, 4.69) is 27.1 Å². The molecule has 5 heteroatoms. The maximum absolute atomic E-state index is 6.31. The zero-order chi connectivity index (χ0) is 14.0. The minimum absolute atomic E-state index is 0.325. The maximum atomic E-state index is 6.31. The maximum Gasteiger partial charge on any atom is 0.0847 e. The number of hydrogen-bond donors (Lipinski definition) is 0. The van der Waals surface area contributed by atoms with Crippen LogP contribution in [0.4, 0.5) is 0 Å². The van der Waals surface area contributed by atoms with Crippen molar-refractivity contribution < 1.29 is 0 Å². The van der Waals surface area contributed by atoms with Crippen LogP contribution in [-0.4, -0.2) is 15.1 Å². The Labute approximate surface area is 131 Å². The highest BCUT2D eigenvalue weighted by atomic mass is 79.9. The molecule has 19 heavy (non-hydrogen) atoms. The van der Waals surface area contributed by atoms with Gasteiger partial charge in [-0.2, -0.15) is 5.10 Å². The molecule has 2 nitrogen and oxygen atoms in total. The fourth-order valence-corrected chi connectivity index (χ4v) is 3.20. The topological polar surface area (TPSA) is 17.8 Å². The number of nitrogens with zero attached hydrogens (tertiary/aromatic N) is 2. The van der Waals surface area contributed by atoms with Crippen molar-refractivity contribution in [3.63, 3.8) is 0 Å². The summed E-state index contributed by atoms with van der Waals surface area (Å²) in [5, 5.41) is 6.73. The van der Waals surface area contributed by atoms with E-state index in [4.69, 9.17) is 23.2 Å². The van der Waals surface area contributed by atoms with Crippen LogP contribution in [0.3, 0.4) is 0 Å². The van der Waals surface area contributed by atoms with Gasteiger partial charge in [-0.05, 0) is 37.0 Å². The van der Waals surface area contributed by atoms with Gasteiger partial charge in [0.15, 0.2) is 0 Å². The first kappa shape index (κ1) is 14.9. The van der Waals surface area contributed by atoms with Crippen LogP contribution < -0.4 is 0 Å². The summed E-state index contributed by atoms with van der Waals surface area (Å²) in [5.74, 6) is 0.325. The molecule has 102 valence electrons. The minimum atomic E-state index is 0.325. The van der Waals surface area contributed by atoms with Gasteiger partial charge >= 0.3 is 0 Å². The van der Waals surface area contributed by atoms with Gasteiger partial charge in [-0.15, -0.1) is 0 Å². The quantitative estimate of drug-likeness (QED) is 0.718. The second-order valence-corrected chi connectivity index (χ2v) is 6.04. The number of alkyl halides is 1. The number of aryl methyl sites for hydroxylation is 2. The Hall–Kier alpha value is -0.510. The van der Waals surface area contributed by atoms with Crippen molar-refractivity contribution in [3.8, 4) is 0 Å². The Morgan fingerprint density at radius 2 is 2.11 bits per heavy atom. The smallest absolute Gasteiger partial charge is 0.0847 e. The summed E-state index contributed by atoms with van der Waals surface area (Å²) in [6, 6.07) is 7.96. The van der Waals surface area contributed by atoms with Crippen LogP contribution in [0.5, 0.6) is 0 Å². The van der Waals surface area contributed by atoms with Gasteiger partial charge in [-0.3, -0.25) is 4.68 Å². The minimum Gasteiger partial charge on any atom is -0.271 e. The van der Waals surface area contributed by atoms with Gasteiger partial charge in [0, 0.05) is 17.4 Å². The van der Waals surface area contributed by atoms with Crippen molar-refractivity contribution in [1.29, 1.82) is 0 Å². The molecule has 0 aliphatic rings. The van der Waals surface area contributed by atoms with E-state index in [1.807, 2.05) is 36.9 Å². The highest BCUT2D eigenvalue weighted by Gasteiger charge is 2.18. The Bertz CT molecular complexity index is 581. The van der Waals surface area contributed by atoms with Gasteiger partial charge in [0.2, 0.25) is 0 Å². The van der Waals surface area contributed by atoms with Crippen LogP contribution in [0.2, 0.25) is 10.0 Å². The molecule has 0 saturated carbocycles. The molecule has 0 aliphatic heterocycles. The molecule has 0 N–H and O–H groups in total. The molecule has 2 aromatic rings. The molecule has 0 radical (unpaired) electrons. The summed E-state index contributed by atoms with van der Waals surface area (Å²) in [6.07, 6.45) is 0.835. The van der Waals surface area contributed by atoms with Crippen LogP contribution in [0.15, 0.2) is 24.3 Å². The molecule has 0 bridgehead atoms. The number of hydrogen-bond acceptors (Lipinski definition) is 1. The summed E-state index contributed by atoms with van der Waals surface area (Å²) in [5.41, 5.74) is 3.14. The average molecular weight is 362 g/mol. The fraction of sp³-hybridized carbons (Fsp3) is 0.357. The normalized spacial score (nSPS) is 12.7. The van der Waals surface area contributed by atoms with Gasteiger partial charge < -0.3 is 0 Å². The molecule has 1 unspecified atom stereocenters. The fourth-order valence-electron chi connectivity index (χ4n) is 2.16. The first-order valence-electron chi connectivity index (χ1n) is 6.02. The van der Waals surface area contributed by atoms with E-state index in [9.17, 15) is 0 Å². The zero-order valence-corrected chi connectivity index (χ0v) is 13.9. The van der Waals surface area contributed by atoms with Crippen LogP contribution in [0, 0.1) is 6.92 Å². The summed E-state index contributed by atoms with van der Waals surface area (Å²) in [7, 11) is 1.93. The second-order valence-electron chi connectivity index (χ2n) is 4.58. The molecule has 0 spiro atoms. The Kier molecular flexibility index (Phi) is 4.93. The van der Waals surface area contributed by atoms with Crippen molar-refractivity contribution in [2.24, 2.45) is 7.05 Å². The largest absolute Gasteiger partial charge is 0.271 e. The second kappa shape index (κ2) is 6.29. The van der Waals surface area contributed by atoms with E-state index >= 15 is 0 Å². The predicted octanol–water partition coefficient (Wildman–Crippen LogP) is 4.76. The first-order valence-corrected chi connectivity index (χ1v) is 7.90. The molecule has 1 aromatic carbocycles. The highest BCUT2D eigenvalue weighted by Crippen LogP contribution is 2.29. The van der Waals surface area contributed by atoms with Crippen LogP contribution >= 0.6 is 39.1 Å². The third kappa shape index (κ3) is 3.33. The zero-order valence-electron chi connectivity index (χ0n) is 10.8. The SMILES string of the molecule is Cc1nn(C)c(CC(CBr)c2cccc(Cl)c2)c1Cl. The van der Waals surface area contributed by atoms with Crippen LogP contribution in [0.1, 0.15) is 22.9 Å². The predicted molar refractivity (Wildman–Crippen MR) is 84.6 cm³/mol. The van der Waals surface area contributed by atoms with Crippen molar-refractivity contribution in [2.45, 2.75) is 19.3 Å². The number of benzene rings is 1. The summed E-state index contributed by atoms with van der Waals surface area (Å²) < 4.78 is 1.86. The molecule has 0 aliphatic carbocycles. The van der Waals surface area contributed by atoms with Gasteiger partial charge in [-0.1, -0.05) is 51.3 Å². The van der Waals surface area contributed by atoms with Crippen molar-refractivity contribution >= 4 is 39.1 Å². The Morgan fingerprint density at radius 1 is 1.37 bits per heavy atom. The third-order valence-corrected chi connectivity index (χ3v) is 4.72. The lowest BCUT2D eigenvalue weighted by Gasteiger charge is -2.15. The lowest BCUT2D eigenvalue weighted by atomic mass is 9.96. The first-order chi connectivity index (χ1) is 9.02. The molecule has 0 saturated heterocycles. The highest BCUT2D eigenvalue weighted by molar-refractivity contribution is 9.09. The van der Waals surface area contributed by atoms with E-state index in [1.165, 1.54) is 5.56 Å². The summed E-state index contributed by atoms with van der Waals surface area (Å²) in [6.45, 7) is 1.92. The van der Waals surface area contributed by atoms with E-state index < -0.39 is 0 Å². The van der Waals surface area contributed by atoms with Gasteiger partial charge in [0.25, 0.3) is 0 Å². The summed E-state index contributed by atoms with van der Waals surface area (Å²) in [4.78, 5) is 0. The monoisotopic (exact) mass is 360 g/mol. The average Bonchev–Trinajstić information content (AvgIpc) is 2.61. The van der Waals surface area contributed by atoms with E-state index in [-0.39, 0.29) is 0 Å². The lowest BCUT2D eigenvalue weighted by Crippen LogP contribution is -2.08. The van der Waals surface area contributed by atoms with Gasteiger partial charge in [-0.25, -0.2) is 0 Å². The van der Waals surface area contributed by atoms with Crippen LogP contribution in [-0.2, 0) is 13.5 Å². The number of aromatic nitrogens is 2. The van der Waals surface area contributed by atoms with Crippen molar-refractivity contribution in [3.05, 3.63) is 51.3 Å². The number of halogens is 3. The van der Waals surface area contributed by atoms with E-state index in [0.29, 0.717) is 5.92 Å². The molecule has 2 rings (SSSR count). The molecule has 1 heterocycles. The van der Waals surface area contributed by atoms with Gasteiger partial charge in [0.05, 0.1) is 16.4 Å².